The molecule has 80 valence electrons. The topological polar surface area (TPSA) is 50.4 Å². The van der Waals surface area contributed by atoms with Crippen LogP contribution in [-0.4, -0.2) is 38.0 Å². The molecule has 1 aliphatic carbocycles. The Bertz CT molecular complexity index is 237. The van der Waals surface area contributed by atoms with Crippen molar-refractivity contribution < 1.29 is 13.9 Å². The molecule has 2 N–H and O–H groups in total. The fourth-order valence-corrected chi connectivity index (χ4v) is 2.28. The van der Waals surface area contributed by atoms with E-state index in [0.717, 1.165) is 0 Å². The molecule has 0 aromatic rings. The minimum absolute atomic E-state index is 0.0164. The van der Waals surface area contributed by atoms with Gasteiger partial charge in [-0.1, -0.05) is 0 Å². The van der Waals surface area contributed by atoms with E-state index in [1.807, 2.05) is 0 Å². The van der Waals surface area contributed by atoms with Crippen molar-refractivity contribution in [3.05, 3.63) is 0 Å². The highest BCUT2D eigenvalue weighted by atomic mass is 19.1. The number of fused-ring (bicyclic) bond motifs is 1. The molecule has 2 aliphatic rings. The van der Waals surface area contributed by atoms with Crippen molar-refractivity contribution in [2.45, 2.75) is 31.2 Å². The first-order chi connectivity index (χ1) is 6.72. The zero-order chi connectivity index (χ0) is 10.1. The minimum atomic E-state index is -0.959. The van der Waals surface area contributed by atoms with Crippen molar-refractivity contribution in [3.63, 3.8) is 0 Å². The largest absolute Gasteiger partial charge is 0.378 e. The molecule has 14 heavy (non-hydrogen) atoms. The first-order valence-corrected chi connectivity index (χ1v) is 4.90. The summed E-state index contributed by atoms with van der Waals surface area (Å²) in [6.45, 7) is 0.449. The molecule has 4 nitrogen and oxygen atoms in total. The fraction of sp³-hybridized carbons (Fsp3) is 0.889. The number of alkyl halides is 1. The molecular formula is C9H15FN2O2. The zero-order valence-corrected chi connectivity index (χ0v) is 8.13. The highest BCUT2D eigenvalue weighted by molar-refractivity contribution is 5.80. The quantitative estimate of drug-likeness (QED) is 0.619. The SMILES string of the molecule is COC1CC2C(=O)NCNC2CC1F. The summed E-state index contributed by atoms with van der Waals surface area (Å²) in [6.07, 6.45) is -0.542. The van der Waals surface area contributed by atoms with Crippen LogP contribution in [0.1, 0.15) is 12.8 Å². The fourth-order valence-electron chi connectivity index (χ4n) is 2.28. The van der Waals surface area contributed by atoms with Gasteiger partial charge in [0.25, 0.3) is 0 Å². The second kappa shape index (κ2) is 3.82. The van der Waals surface area contributed by atoms with Gasteiger partial charge in [-0.25, -0.2) is 4.39 Å². The van der Waals surface area contributed by atoms with Gasteiger partial charge in [0.2, 0.25) is 5.91 Å². The first-order valence-electron chi connectivity index (χ1n) is 4.90. The van der Waals surface area contributed by atoms with Crippen molar-refractivity contribution in [2.24, 2.45) is 5.92 Å². The Morgan fingerprint density at radius 3 is 3.00 bits per heavy atom. The zero-order valence-electron chi connectivity index (χ0n) is 8.13. The molecule has 1 heterocycles. The lowest BCUT2D eigenvalue weighted by atomic mass is 9.80. The van der Waals surface area contributed by atoms with E-state index in [1.54, 1.807) is 0 Å². The monoisotopic (exact) mass is 202 g/mol. The van der Waals surface area contributed by atoms with Crippen LogP contribution in [0.5, 0.6) is 0 Å². The molecule has 1 amide bonds. The summed E-state index contributed by atoms with van der Waals surface area (Å²) in [6, 6.07) is -0.0230. The van der Waals surface area contributed by atoms with Gasteiger partial charge in [0.15, 0.2) is 0 Å². The number of nitrogens with one attached hydrogen (secondary N) is 2. The summed E-state index contributed by atoms with van der Waals surface area (Å²) in [5.41, 5.74) is 0. The van der Waals surface area contributed by atoms with Crippen LogP contribution in [0, 0.1) is 5.92 Å². The number of hydrogen-bond donors (Lipinski definition) is 2. The van der Waals surface area contributed by atoms with E-state index in [2.05, 4.69) is 10.6 Å². The number of carbonyl (C=O) groups excluding carboxylic acids is 1. The van der Waals surface area contributed by atoms with Gasteiger partial charge < -0.3 is 10.1 Å². The van der Waals surface area contributed by atoms with Gasteiger partial charge in [0.05, 0.1) is 18.7 Å². The second-order valence-corrected chi connectivity index (χ2v) is 3.90. The van der Waals surface area contributed by atoms with Crippen molar-refractivity contribution in [3.8, 4) is 0 Å². The molecule has 0 aromatic heterocycles. The minimum Gasteiger partial charge on any atom is -0.378 e. The first kappa shape index (κ1) is 9.86. The van der Waals surface area contributed by atoms with E-state index in [1.165, 1.54) is 7.11 Å². The van der Waals surface area contributed by atoms with Crippen LogP contribution in [0.3, 0.4) is 0 Å². The Hall–Kier alpha value is -0.680. The van der Waals surface area contributed by atoms with Crippen LogP contribution in [0.4, 0.5) is 4.39 Å². The molecule has 5 heteroatoms. The Morgan fingerprint density at radius 1 is 1.50 bits per heavy atom. The normalized spacial score (nSPS) is 42.9. The highest BCUT2D eigenvalue weighted by Gasteiger charge is 2.42. The standard InChI is InChI=1S/C9H15FN2O2/c1-14-8-2-5-7(3-6(8)10)11-4-12-9(5)13/h5-8,11H,2-4H2,1H3,(H,12,13). The predicted molar refractivity (Wildman–Crippen MR) is 48.4 cm³/mol. The van der Waals surface area contributed by atoms with Crippen molar-refractivity contribution >= 4 is 5.91 Å². The van der Waals surface area contributed by atoms with Crippen molar-refractivity contribution in [1.82, 2.24) is 10.6 Å². The maximum Gasteiger partial charge on any atom is 0.225 e. The highest BCUT2D eigenvalue weighted by Crippen LogP contribution is 2.30. The Morgan fingerprint density at radius 2 is 2.29 bits per heavy atom. The van der Waals surface area contributed by atoms with Crippen LogP contribution in [0.25, 0.3) is 0 Å². The molecule has 4 unspecified atom stereocenters. The molecule has 0 bridgehead atoms. The molecule has 1 aliphatic heterocycles. The molecular weight excluding hydrogens is 187 g/mol. The maximum atomic E-state index is 13.4. The molecule has 2 rings (SSSR count). The molecule has 0 aromatic carbocycles. The lowest BCUT2D eigenvalue weighted by molar-refractivity contribution is -0.133. The summed E-state index contributed by atoms with van der Waals surface area (Å²) in [5.74, 6) is -0.122. The summed E-state index contributed by atoms with van der Waals surface area (Å²) >= 11 is 0. The Kier molecular flexibility index (Phi) is 2.69. The predicted octanol–water partition coefficient (Wildman–Crippen LogP) is -0.205. The van der Waals surface area contributed by atoms with Crippen LogP contribution in [-0.2, 0) is 9.53 Å². The molecule has 1 saturated heterocycles. The van der Waals surface area contributed by atoms with Gasteiger partial charge in [0.1, 0.15) is 6.17 Å². The van der Waals surface area contributed by atoms with Gasteiger partial charge in [0, 0.05) is 13.2 Å². The summed E-state index contributed by atoms with van der Waals surface area (Å²) in [5, 5.41) is 5.81. The molecule has 1 saturated carbocycles. The third-order valence-corrected chi connectivity index (χ3v) is 3.12. The molecule has 0 radical (unpaired) electrons. The lowest BCUT2D eigenvalue weighted by Gasteiger charge is -2.40. The molecule has 4 atom stereocenters. The Labute approximate surface area is 82.2 Å². The number of ether oxygens (including phenoxy) is 1. The summed E-state index contributed by atoms with van der Waals surface area (Å²) < 4.78 is 18.5. The van der Waals surface area contributed by atoms with Crippen LogP contribution in [0.2, 0.25) is 0 Å². The number of rotatable bonds is 1. The van der Waals surface area contributed by atoms with E-state index in [-0.39, 0.29) is 17.9 Å². The van der Waals surface area contributed by atoms with Crippen molar-refractivity contribution in [1.29, 1.82) is 0 Å². The second-order valence-electron chi connectivity index (χ2n) is 3.90. The van der Waals surface area contributed by atoms with E-state index in [9.17, 15) is 9.18 Å². The van der Waals surface area contributed by atoms with E-state index >= 15 is 0 Å². The molecule has 0 spiro atoms. The van der Waals surface area contributed by atoms with Crippen LogP contribution >= 0.6 is 0 Å². The van der Waals surface area contributed by atoms with Gasteiger partial charge >= 0.3 is 0 Å². The number of hydrogen-bond acceptors (Lipinski definition) is 3. The third kappa shape index (κ3) is 1.62. The number of halogens is 1. The third-order valence-electron chi connectivity index (χ3n) is 3.12. The van der Waals surface area contributed by atoms with Gasteiger partial charge in [-0.2, -0.15) is 0 Å². The van der Waals surface area contributed by atoms with Crippen LogP contribution < -0.4 is 10.6 Å². The number of methoxy groups -OCH3 is 1. The Balaban J connectivity index is 2.06. The van der Waals surface area contributed by atoms with Gasteiger partial charge in [-0.05, 0) is 12.8 Å². The smallest absolute Gasteiger partial charge is 0.225 e. The lowest BCUT2D eigenvalue weighted by Crippen LogP contribution is -2.59. The van der Waals surface area contributed by atoms with E-state index in [4.69, 9.17) is 4.74 Å². The van der Waals surface area contributed by atoms with Gasteiger partial charge in [-0.3, -0.25) is 10.1 Å². The average Bonchev–Trinajstić information content (AvgIpc) is 2.17. The summed E-state index contributed by atoms with van der Waals surface area (Å²) in [4.78, 5) is 11.5. The number of carbonyl (C=O) groups is 1. The average molecular weight is 202 g/mol. The van der Waals surface area contributed by atoms with Gasteiger partial charge in [-0.15, -0.1) is 0 Å². The summed E-state index contributed by atoms with van der Waals surface area (Å²) in [7, 11) is 1.49. The van der Waals surface area contributed by atoms with Crippen molar-refractivity contribution in [2.75, 3.05) is 13.8 Å². The molecule has 2 fully saturated rings. The van der Waals surface area contributed by atoms with Crippen LogP contribution in [0.15, 0.2) is 0 Å². The van der Waals surface area contributed by atoms with E-state index in [0.29, 0.717) is 19.5 Å². The van der Waals surface area contributed by atoms with E-state index < -0.39 is 12.3 Å². The maximum absolute atomic E-state index is 13.4. The number of amides is 1.